The van der Waals surface area contributed by atoms with E-state index in [4.69, 9.17) is 9.47 Å². The van der Waals surface area contributed by atoms with E-state index in [2.05, 4.69) is 5.32 Å². The second-order valence-electron chi connectivity index (χ2n) is 7.90. The van der Waals surface area contributed by atoms with Crippen LogP contribution in [0.1, 0.15) is 25.3 Å². The van der Waals surface area contributed by atoms with Crippen molar-refractivity contribution in [3.63, 3.8) is 0 Å². The third kappa shape index (κ3) is 3.83. The molecule has 3 aliphatic rings. The van der Waals surface area contributed by atoms with Gasteiger partial charge in [0, 0.05) is 13.0 Å². The van der Waals surface area contributed by atoms with E-state index in [-0.39, 0.29) is 17.9 Å². The molecule has 2 amide bonds. The number of carbonyl (C=O) groups is 2. The molecule has 0 aromatic heterocycles. The summed E-state index contributed by atoms with van der Waals surface area (Å²) in [6, 6.07) is 5.98. The lowest BCUT2D eigenvalue weighted by Gasteiger charge is -2.38. The molecule has 1 aromatic rings. The number of amides is 2. The quantitative estimate of drug-likeness (QED) is 0.501. The summed E-state index contributed by atoms with van der Waals surface area (Å²) < 4.78 is 11.0. The number of nitrogens with zero attached hydrogens (tertiary/aromatic N) is 1. The van der Waals surface area contributed by atoms with Crippen molar-refractivity contribution in [1.82, 2.24) is 10.2 Å². The van der Waals surface area contributed by atoms with Crippen molar-refractivity contribution in [2.45, 2.75) is 69.0 Å². The lowest BCUT2D eigenvalue weighted by atomic mass is 10.00. The zero-order chi connectivity index (χ0) is 20.7. The van der Waals surface area contributed by atoms with Gasteiger partial charge in [-0.1, -0.05) is 12.1 Å². The van der Waals surface area contributed by atoms with Gasteiger partial charge in [0.25, 0.3) is 0 Å². The number of rotatable bonds is 4. The van der Waals surface area contributed by atoms with Crippen LogP contribution in [-0.4, -0.2) is 81.4 Å². The highest BCUT2D eigenvalue weighted by Gasteiger charge is 2.44. The predicted octanol–water partition coefficient (Wildman–Crippen LogP) is -1.08. The molecule has 0 bridgehead atoms. The largest absolute Gasteiger partial charge is 0.462 e. The number of aliphatic hydroxyl groups excluding tert-OH is 3. The normalized spacial score (nSPS) is 37.2. The van der Waals surface area contributed by atoms with Gasteiger partial charge >= 0.3 is 0 Å². The van der Waals surface area contributed by atoms with Crippen LogP contribution in [0.2, 0.25) is 0 Å². The van der Waals surface area contributed by atoms with E-state index in [1.54, 1.807) is 36.1 Å². The van der Waals surface area contributed by atoms with Crippen LogP contribution in [0.4, 0.5) is 0 Å². The molecule has 0 aliphatic carbocycles. The maximum atomic E-state index is 12.6. The van der Waals surface area contributed by atoms with E-state index in [9.17, 15) is 24.9 Å². The molecule has 7 atom stereocenters. The van der Waals surface area contributed by atoms with Gasteiger partial charge in [0.15, 0.2) is 0 Å². The monoisotopic (exact) mass is 406 g/mol. The molecule has 4 N–H and O–H groups in total. The fourth-order valence-electron chi connectivity index (χ4n) is 4.16. The Morgan fingerprint density at radius 1 is 1.14 bits per heavy atom. The van der Waals surface area contributed by atoms with Gasteiger partial charge in [-0.25, -0.2) is 0 Å². The molecule has 29 heavy (non-hydrogen) atoms. The number of piperazine rings is 1. The summed E-state index contributed by atoms with van der Waals surface area (Å²) in [5.74, 6) is 0.269. The van der Waals surface area contributed by atoms with Gasteiger partial charge in [0.1, 0.15) is 36.1 Å². The average Bonchev–Trinajstić information content (AvgIpc) is 3.20. The average molecular weight is 406 g/mol. The summed E-state index contributed by atoms with van der Waals surface area (Å²) in [6.07, 6.45) is -3.79. The lowest BCUT2D eigenvalue weighted by Crippen LogP contribution is -2.61. The molecule has 3 aliphatic heterocycles. The molecule has 9 nitrogen and oxygen atoms in total. The molecule has 0 spiro atoms. The summed E-state index contributed by atoms with van der Waals surface area (Å²) in [5.41, 5.74) is 0.850. The van der Waals surface area contributed by atoms with Gasteiger partial charge in [-0.05, 0) is 37.5 Å². The van der Waals surface area contributed by atoms with E-state index in [1.165, 1.54) is 0 Å². The number of hydrogen-bond acceptors (Lipinski definition) is 7. The first-order valence-corrected chi connectivity index (χ1v) is 9.91. The molecular formula is C20H26N2O7. The molecule has 3 saturated heterocycles. The molecule has 0 unspecified atom stereocenters. The van der Waals surface area contributed by atoms with Crippen LogP contribution in [-0.2, 0) is 20.7 Å². The Kier molecular flexibility index (Phi) is 5.48. The van der Waals surface area contributed by atoms with Gasteiger partial charge in [-0.3, -0.25) is 9.59 Å². The topological polar surface area (TPSA) is 129 Å². The second kappa shape index (κ2) is 7.91. The van der Waals surface area contributed by atoms with Crippen LogP contribution in [0.25, 0.3) is 0 Å². The number of carbonyl (C=O) groups excluding carboxylic acids is 2. The SMILES string of the molecule is C[C@@H]1O[C@@H](Oc2ccc(C[C@@H]3NC(=O)[C@@H]4CCCN4C3=O)cc2)[C@H](O)[C@H](O)[C@H]1O. The molecule has 1 aromatic carbocycles. The summed E-state index contributed by atoms with van der Waals surface area (Å²) in [5, 5.41) is 32.5. The number of aliphatic hydroxyl groups is 3. The Morgan fingerprint density at radius 3 is 2.59 bits per heavy atom. The van der Waals surface area contributed by atoms with Crippen molar-refractivity contribution in [2.75, 3.05) is 6.54 Å². The second-order valence-corrected chi connectivity index (χ2v) is 7.90. The Bertz CT molecular complexity index is 771. The zero-order valence-corrected chi connectivity index (χ0v) is 16.1. The van der Waals surface area contributed by atoms with E-state index < -0.39 is 36.7 Å². The molecule has 3 heterocycles. The van der Waals surface area contributed by atoms with Crippen molar-refractivity contribution in [2.24, 2.45) is 0 Å². The number of fused-ring (bicyclic) bond motifs is 1. The Balaban J connectivity index is 1.38. The maximum absolute atomic E-state index is 12.6. The molecular weight excluding hydrogens is 380 g/mol. The molecule has 0 saturated carbocycles. The van der Waals surface area contributed by atoms with Crippen molar-refractivity contribution < 1.29 is 34.4 Å². The van der Waals surface area contributed by atoms with Gasteiger partial charge < -0.3 is 35.0 Å². The number of hydrogen-bond donors (Lipinski definition) is 4. The van der Waals surface area contributed by atoms with Crippen LogP contribution in [0, 0.1) is 0 Å². The summed E-state index contributed by atoms with van der Waals surface area (Å²) >= 11 is 0. The van der Waals surface area contributed by atoms with Gasteiger partial charge in [-0.15, -0.1) is 0 Å². The highest BCUT2D eigenvalue weighted by Crippen LogP contribution is 2.26. The van der Waals surface area contributed by atoms with Crippen LogP contribution >= 0.6 is 0 Å². The lowest BCUT2D eigenvalue weighted by molar-refractivity contribution is -0.268. The van der Waals surface area contributed by atoms with Crippen LogP contribution in [0.3, 0.4) is 0 Å². The summed E-state index contributed by atoms with van der Waals surface area (Å²) in [4.78, 5) is 26.5. The summed E-state index contributed by atoms with van der Waals surface area (Å²) in [7, 11) is 0. The third-order valence-corrected chi connectivity index (χ3v) is 5.88. The van der Waals surface area contributed by atoms with Gasteiger partial charge in [0.05, 0.1) is 6.10 Å². The first kappa shape index (κ1) is 20.1. The van der Waals surface area contributed by atoms with E-state index in [1.807, 2.05) is 0 Å². The minimum Gasteiger partial charge on any atom is -0.462 e. The first-order valence-electron chi connectivity index (χ1n) is 9.91. The minimum atomic E-state index is -1.38. The van der Waals surface area contributed by atoms with E-state index >= 15 is 0 Å². The first-order chi connectivity index (χ1) is 13.8. The van der Waals surface area contributed by atoms with Crippen molar-refractivity contribution >= 4 is 11.8 Å². The third-order valence-electron chi connectivity index (χ3n) is 5.88. The van der Waals surface area contributed by atoms with E-state index in [0.29, 0.717) is 18.7 Å². The Hall–Kier alpha value is -2.20. The standard InChI is InChI=1S/C20H26N2O7/c1-10-15(23)16(24)17(25)20(28-10)29-12-6-4-11(5-7-12)9-13-19(27)22-8-2-3-14(22)18(26)21-13/h4-7,10,13-17,20,23-25H,2-3,8-9H2,1H3,(H,21,26)/t10-,13-,14-,15-,16+,17+,20-/m0/s1. The number of ether oxygens (including phenoxy) is 2. The maximum Gasteiger partial charge on any atom is 0.246 e. The fourth-order valence-corrected chi connectivity index (χ4v) is 4.16. The molecule has 4 rings (SSSR count). The number of benzene rings is 1. The Labute approximate surface area is 168 Å². The molecule has 3 fully saturated rings. The number of nitrogens with one attached hydrogen (secondary N) is 1. The van der Waals surface area contributed by atoms with Crippen molar-refractivity contribution in [3.05, 3.63) is 29.8 Å². The van der Waals surface area contributed by atoms with Crippen molar-refractivity contribution in [3.8, 4) is 5.75 Å². The predicted molar refractivity (Wildman–Crippen MR) is 99.8 cm³/mol. The van der Waals surface area contributed by atoms with Crippen molar-refractivity contribution in [1.29, 1.82) is 0 Å². The molecule has 0 radical (unpaired) electrons. The Morgan fingerprint density at radius 2 is 1.86 bits per heavy atom. The van der Waals surface area contributed by atoms with Gasteiger partial charge in [-0.2, -0.15) is 0 Å². The van der Waals surface area contributed by atoms with Gasteiger partial charge in [0.2, 0.25) is 18.1 Å². The fraction of sp³-hybridized carbons (Fsp3) is 0.600. The minimum absolute atomic E-state index is 0.0484. The highest BCUT2D eigenvalue weighted by atomic mass is 16.7. The highest BCUT2D eigenvalue weighted by molar-refractivity contribution is 5.97. The van der Waals surface area contributed by atoms with Crippen LogP contribution in [0.15, 0.2) is 24.3 Å². The molecule has 158 valence electrons. The summed E-state index contributed by atoms with van der Waals surface area (Å²) in [6.45, 7) is 2.21. The van der Waals surface area contributed by atoms with Crippen LogP contribution < -0.4 is 10.1 Å². The van der Waals surface area contributed by atoms with Crippen LogP contribution in [0.5, 0.6) is 5.75 Å². The zero-order valence-electron chi connectivity index (χ0n) is 16.1. The van der Waals surface area contributed by atoms with E-state index in [0.717, 1.165) is 18.4 Å². The molecule has 9 heteroatoms. The smallest absolute Gasteiger partial charge is 0.246 e.